The number of nitrogens with zero attached hydrogens (tertiary/aromatic N) is 4. The molecule has 1 saturated heterocycles. The van der Waals surface area contributed by atoms with Crippen LogP contribution in [-0.2, 0) is 16.6 Å². The van der Waals surface area contributed by atoms with Crippen molar-refractivity contribution in [3.63, 3.8) is 0 Å². The molecule has 1 fully saturated rings. The van der Waals surface area contributed by atoms with Crippen molar-refractivity contribution in [1.29, 1.82) is 0 Å². The Bertz CT molecular complexity index is 849. The van der Waals surface area contributed by atoms with Crippen molar-refractivity contribution in [3.05, 3.63) is 42.1 Å². The Balaban J connectivity index is 1.62. The van der Waals surface area contributed by atoms with Crippen LogP contribution in [0.3, 0.4) is 0 Å². The van der Waals surface area contributed by atoms with Crippen LogP contribution in [0, 0.1) is 0 Å². The maximum absolute atomic E-state index is 12.6. The molecule has 0 amide bonds. The Kier molecular flexibility index (Phi) is 3.24. The summed E-state index contributed by atoms with van der Waals surface area (Å²) in [5, 5.41) is 0. The van der Waals surface area contributed by atoms with Crippen LogP contribution < -0.4 is 9.04 Å². The lowest BCUT2D eigenvalue weighted by Gasteiger charge is -2.35. The van der Waals surface area contributed by atoms with E-state index in [0.717, 1.165) is 18.7 Å². The molecule has 7 nitrogen and oxygen atoms in total. The fraction of sp³-hybridized carbons (Fsp3) is 0.333. The van der Waals surface area contributed by atoms with Gasteiger partial charge < -0.3 is 4.74 Å². The number of anilines is 1. The van der Waals surface area contributed by atoms with E-state index in [1.54, 1.807) is 18.2 Å². The molecule has 3 heterocycles. The minimum Gasteiger partial charge on any atom is -0.457 e. The number of aromatic nitrogens is 2. The van der Waals surface area contributed by atoms with Crippen LogP contribution in [-0.4, -0.2) is 49.5 Å². The van der Waals surface area contributed by atoms with Crippen molar-refractivity contribution in [2.75, 3.05) is 24.4 Å². The predicted octanol–water partition coefficient (Wildman–Crippen LogP) is 0.878. The van der Waals surface area contributed by atoms with Gasteiger partial charge in [0.15, 0.2) is 0 Å². The Labute approximate surface area is 134 Å². The van der Waals surface area contributed by atoms with E-state index in [1.165, 1.54) is 10.5 Å². The largest absolute Gasteiger partial charge is 0.457 e. The molecule has 4 rings (SSSR count). The lowest BCUT2D eigenvalue weighted by molar-refractivity contribution is 0.0321. The quantitative estimate of drug-likeness (QED) is 0.830. The molecule has 0 unspecified atom stereocenters. The van der Waals surface area contributed by atoms with E-state index in [-0.39, 0.29) is 18.7 Å². The number of benzene rings is 1. The van der Waals surface area contributed by atoms with Crippen molar-refractivity contribution in [1.82, 2.24) is 14.9 Å². The van der Waals surface area contributed by atoms with E-state index >= 15 is 0 Å². The minimum absolute atomic E-state index is 0.0580. The average Bonchev–Trinajstić information content (AvgIpc) is 2.78. The van der Waals surface area contributed by atoms with E-state index in [1.807, 2.05) is 19.2 Å². The third-order valence-corrected chi connectivity index (χ3v) is 5.88. The summed E-state index contributed by atoms with van der Waals surface area (Å²) >= 11 is 0. The van der Waals surface area contributed by atoms with Crippen molar-refractivity contribution < 1.29 is 13.2 Å². The van der Waals surface area contributed by atoms with Gasteiger partial charge in [-0.3, -0.25) is 4.90 Å². The Morgan fingerprint density at radius 2 is 2.00 bits per heavy atom. The van der Waals surface area contributed by atoms with E-state index in [4.69, 9.17) is 4.74 Å². The van der Waals surface area contributed by atoms with Crippen molar-refractivity contribution in [2.45, 2.75) is 17.5 Å². The maximum atomic E-state index is 12.6. The molecular formula is C15H16N4O3S. The predicted molar refractivity (Wildman–Crippen MR) is 83.8 cm³/mol. The van der Waals surface area contributed by atoms with Gasteiger partial charge in [-0.15, -0.1) is 0 Å². The van der Waals surface area contributed by atoms with Crippen LogP contribution in [0.1, 0.15) is 5.56 Å². The summed E-state index contributed by atoms with van der Waals surface area (Å²) < 4.78 is 32.3. The standard InChI is InChI=1S/C15H16N4O3S/c1-18-9-12(10-18)22-15-16-7-6-14(17-15)19-8-11-4-2-3-5-13(11)23(19,20)21/h2-7,12H,8-10H2,1H3. The number of likely N-dealkylation sites (N-methyl/N-ethyl adjacent to an activating group) is 1. The summed E-state index contributed by atoms with van der Waals surface area (Å²) in [7, 11) is -1.56. The van der Waals surface area contributed by atoms with Crippen LogP contribution in [0.25, 0.3) is 0 Å². The molecule has 2 aliphatic heterocycles. The third kappa shape index (κ3) is 2.43. The molecule has 0 bridgehead atoms. The highest BCUT2D eigenvalue weighted by Gasteiger charge is 2.35. The van der Waals surface area contributed by atoms with Gasteiger partial charge in [0.2, 0.25) is 0 Å². The second-order valence-electron chi connectivity index (χ2n) is 5.78. The van der Waals surface area contributed by atoms with E-state index < -0.39 is 10.0 Å². The highest BCUT2D eigenvalue weighted by atomic mass is 32.2. The zero-order valence-corrected chi connectivity index (χ0v) is 13.4. The van der Waals surface area contributed by atoms with Gasteiger partial charge in [0.05, 0.1) is 11.4 Å². The van der Waals surface area contributed by atoms with Gasteiger partial charge in [0, 0.05) is 25.4 Å². The molecule has 8 heteroatoms. The van der Waals surface area contributed by atoms with Gasteiger partial charge in [0.1, 0.15) is 11.9 Å². The zero-order chi connectivity index (χ0) is 16.0. The SMILES string of the molecule is CN1CC(Oc2nccc(N3Cc4ccccc4S3(=O)=O)n2)C1. The lowest BCUT2D eigenvalue weighted by Crippen LogP contribution is -2.51. The zero-order valence-electron chi connectivity index (χ0n) is 12.6. The van der Waals surface area contributed by atoms with Crippen molar-refractivity contribution in [2.24, 2.45) is 0 Å². The number of fused-ring (bicyclic) bond motifs is 1. The van der Waals surface area contributed by atoms with Crippen LogP contribution in [0.15, 0.2) is 41.4 Å². The first-order valence-corrected chi connectivity index (χ1v) is 8.77. The second kappa shape index (κ2) is 5.17. The van der Waals surface area contributed by atoms with Gasteiger partial charge >= 0.3 is 6.01 Å². The second-order valence-corrected chi connectivity index (χ2v) is 7.61. The maximum Gasteiger partial charge on any atom is 0.318 e. The van der Waals surface area contributed by atoms with Crippen LogP contribution in [0.4, 0.5) is 5.82 Å². The van der Waals surface area contributed by atoms with E-state index in [2.05, 4.69) is 14.9 Å². The summed E-state index contributed by atoms with van der Waals surface area (Å²) in [6.45, 7) is 1.92. The highest BCUT2D eigenvalue weighted by molar-refractivity contribution is 7.93. The van der Waals surface area contributed by atoms with Gasteiger partial charge in [-0.05, 0) is 18.7 Å². The Morgan fingerprint density at radius 1 is 1.22 bits per heavy atom. The molecule has 1 aromatic carbocycles. The number of hydrogen-bond acceptors (Lipinski definition) is 6. The lowest BCUT2D eigenvalue weighted by atomic mass is 10.2. The smallest absolute Gasteiger partial charge is 0.318 e. The van der Waals surface area contributed by atoms with Gasteiger partial charge in [-0.25, -0.2) is 17.7 Å². The third-order valence-electron chi connectivity index (χ3n) is 4.03. The summed E-state index contributed by atoms with van der Waals surface area (Å²) in [6, 6.07) is 8.79. The van der Waals surface area contributed by atoms with E-state index in [9.17, 15) is 8.42 Å². The number of rotatable bonds is 3. The first-order chi connectivity index (χ1) is 11.0. The highest BCUT2D eigenvalue weighted by Crippen LogP contribution is 2.33. The van der Waals surface area contributed by atoms with Crippen LogP contribution in [0.2, 0.25) is 0 Å². The molecule has 0 radical (unpaired) electrons. The molecule has 0 N–H and O–H groups in total. The topological polar surface area (TPSA) is 75.6 Å². The fourth-order valence-electron chi connectivity index (χ4n) is 2.84. The molecule has 2 aliphatic rings. The summed E-state index contributed by atoms with van der Waals surface area (Å²) in [5.41, 5.74) is 0.772. The summed E-state index contributed by atoms with van der Waals surface area (Å²) in [4.78, 5) is 10.8. The molecule has 0 saturated carbocycles. The summed E-state index contributed by atoms with van der Waals surface area (Å²) in [6.07, 6.45) is 1.58. The number of ether oxygens (including phenoxy) is 1. The first kappa shape index (κ1) is 14.4. The molecule has 2 aromatic rings. The summed E-state index contributed by atoms with van der Waals surface area (Å²) in [5.74, 6) is 0.332. The molecule has 23 heavy (non-hydrogen) atoms. The molecule has 0 atom stereocenters. The molecule has 120 valence electrons. The monoisotopic (exact) mass is 332 g/mol. The fourth-order valence-corrected chi connectivity index (χ4v) is 4.45. The first-order valence-electron chi connectivity index (χ1n) is 7.33. The van der Waals surface area contributed by atoms with E-state index in [0.29, 0.717) is 10.7 Å². The Hall–Kier alpha value is -2.19. The molecular weight excluding hydrogens is 316 g/mol. The number of likely N-dealkylation sites (tertiary alicyclic amines) is 1. The molecule has 0 aliphatic carbocycles. The van der Waals surface area contributed by atoms with Gasteiger partial charge in [-0.2, -0.15) is 4.98 Å². The van der Waals surface area contributed by atoms with Crippen LogP contribution in [0.5, 0.6) is 6.01 Å². The molecule has 0 spiro atoms. The normalized spacial score (nSPS) is 20.1. The Morgan fingerprint density at radius 3 is 2.74 bits per heavy atom. The van der Waals surface area contributed by atoms with Crippen molar-refractivity contribution in [3.8, 4) is 6.01 Å². The van der Waals surface area contributed by atoms with Crippen molar-refractivity contribution >= 4 is 15.8 Å². The number of sulfonamides is 1. The van der Waals surface area contributed by atoms with Gasteiger partial charge in [0.25, 0.3) is 10.0 Å². The van der Waals surface area contributed by atoms with Gasteiger partial charge in [-0.1, -0.05) is 18.2 Å². The molecule has 1 aromatic heterocycles. The average molecular weight is 332 g/mol. The van der Waals surface area contributed by atoms with Crippen LogP contribution >= 0.6 is 0 Å². The minimum atomic E-state index is -3.57. The number of hydrogen-bond donors (Lipinski definition) is 0.